The first-order valence-electron chi connectivity index (χ1n) is 12.9. The predicted octanol–water partition coefficient (Wildman–Crippen LogP) is 6.10. The summed E-state index contributed by atoms with van der Waals surface area (Å²) in [7, 11) is -1.20. The average Bonchev–Trinajstić information content (AvgIpc) is 3.74. The fraction of sp³-hybridized carbons (Fsp3) is 0.333. The second-order valence-electron chi connectivity index (χ2n) is 9.75. The summed E-state index contributed by atoms with van der Waals surface area (Å²) in [6.45, 7) is 4.31. The first-order valence-corrected chi connectivity index (χ1v) is 14.2. The zero-order valence-corrected chi connectivity index (χ0v) is 21.8. The molecule has 1 amide bonds. The monoisotopic (exact) mass is 499 g/mol. The van der Waals surface area contributed by atoms with E-state index in [-0.39, 0.29) is 5.91 Å². The molecule has 2 atom stereocenters. The van der Waals surface area contributed by atoms with Gasteiger partial charge in [-0.3, -0.25) is 9.00 Å². The normalized spacial score (nSPS) is 20.3. The van der Waals surface area contributed by atoms with Gasteiger partial charge in [0.05, 0.1) is 22.2 Å². The van der Waals surface area contributed by atoms with E-state index < -0.39 is 10.8 Å². The largest absolute Gasteiger partial charge is 0.349 e. The summed E-state index contributed by atoms with van der Waals surface area (Å²) in [4.78, 5) is 19.6. The number of carbonyl (C=O) groups excluding carboxylic acids is 1. The van der Waals surface area contributed by atoms with Crippen molar-refractivity contribution in [2.75, 3.05) is 5.75 Å². The molecule has 2 heterocycles. The molecule has 6 heteroatoms. The number of nitrogens with one attached hydrogen (secondary N) is 1. The molecule has 1 aliphatic carbocycles. The number of amides is 1. The zero-order chi connectivity index (χ0) is 25.1. The van der Waals surface area contributed by atoms with E-state index in [1.165, 1.54) is 0 Å². The van der Waals surface area contributed by atoms with Gasteiger partial charge in [0, 0.05) is 34.8 Å². The van der Waals surface area contributed by atoms with E-state index in [1.54, 1.807) is 0 Å². The van der Waals surface area contributed by atoms with E-state index in [4.69, 9.17) is 4.99 Å². The summed E-state index contributed by atoms with van der Waals surface area (Å²) >= 11 is 0. The maximum atomic E-state index is 13.5. The molecular weight excluding hydrogens is 466 g/mol. The second-order valence-corrected chi connectivity index (χ2v) is 11.2. The average molecular weight is 500 g/mol. The lowest BCUT2D eigenvalue weighted by Gasteiger charge is -2.30. The lowest BCUT2D eigenvalue weighted by atomic mass is 10.0. The van der Waals surface area contributed by atoms with Gasteiger partial charge in [-0.05, 0) is 49.3 Å². The Kier molecular flexibility index (Phi) is 7.33. The van der Waals surface area contributed by atoms with Crippen LogP contribution < -0.4 is 5.32 Å². The van der Waals surface area contributed by atoms with Crippen molar-refractivity contribution in [2.24, 2.45) is 10.9 Å². The third kappa shape index (κ3) is 5.44. The van der Waals surface area contributed by atoms with Crippen LogP contribution in [0.5, 0.6) is 0 Å². The van der Waals surface area contributed by atoms with Crippen molar-refractivity contribution >= 4 is 33.1 Å². The summed E-state index contributed by atoms with van der Waals surface area (Å²) < 4.78 is 13.5. The van der Waals surface area contributed by atoms with Crippen molar-refractivity contribution in [3.63, 3.8) is 0 Å². The van der Waals surface area contributed by atoms with Gasteiger partial charge in [-0.15, -0.1) is 0 Å². The Balaban J connectivity index is 1.54. The number of hydrogen-bond donors (Lipinski definition) is 1. The predicted molar refractivity (Wildman–Crippen MR) is 148 cm³/mol. The molecule has 186 valence electrons. The van der Waals surface area contributed by atoms with Crippen LogP contribution >= 0.6 is 0 Å². The molecule has 0 spiro atoms. The van der Waals surface area contributed by atoms with E-state index in [0.29, 0.717) is 28.3 Å². The molecule has 1 N–H and O–H groups in total. The molecule has 1 saturated carbocycles. The van der Waals surface area contributed by atoms with Crippen molar-refractivity contribution in [1.82, 2.24) is 10.2 Å². The van der Waals surface area contributed by atoms with Gasteiger partial charge in [-0.1, -0.05) is 74.9 Å². The molecule has 0 saturated heterocycles. The molecule has 5 nitrogen and oxygen atoms in total. The maximum absolute atomic E-state index is 13.5. The summed E-state index contributed by atoms with van der Waals surface area (Å²) in [5, 5.41) is 3.70. The van der Waals surface area contributed by atoms with E-state index in [1.807, 2.05) is 54.6 Å². The number of aliphatic imine (C=N–C) groups is 1. The number of unbranched alkanes of at least 4 members (excludes halogenated alkanes) is 1. The van der Waals surface area contributed by atoms with Crippen LogP contribution in [0.4, 0.5) is 0 Å². The highest BCUT2D eigenvalue weighted by atomic mass is 32.2. The SMILES string of the molecule is CCCCS(=O)C1=NC(c2ccccc2)=CN2C1=CCC(C)C=C2c1ccc(C(=O)NC2CC2)cc1. The van der Waals surface area contributed by atoms with Gasteiger partial charge < -0.3 is 10.2 Å². The highest BCUT2D eigenvalue weighted by Gasteiger charge is 2.30. The number of carbonyl (C=O) groups is 1. The molecule has 0 bridgehead atoms. The Bertz CT molecular complexity index is 1270. The molecular formula is C30H33N3O2S. The van der Waals surface area contributed by atoms with Crippen LogP contribution in [-0.4, -0.2) is 31.9 Å². The molecule has 2 aromatic rings. The molecule has 5 rings (SSSR count). The third-order valence-corrected chi connectivity index (χ3v) is 8.05. The van der Waals surface area contributed by atoms with E-state index >= 15 is 0 Å². The van der Waals surface area contributed by atoms with Gasteiger partial charge in [-0.2, -0.15) is 0 Å². The first-order chi connectivity index (χ1) is 17.5. The molecule has 1 fully saturated rings. The molecule has 2 aromatic carbocycles. The van der Waals surface area contributed by atoms with Gasteiger partial charge in [-0.25, -0.2) is 4.99 Å². The Labute approximate surface area is 216 Å². The van der Waals surface area contributed by atoms with Crippen molar-refractivity contribution in [3.8, 4) is 0 Å². The fourth-order valence-electron chi connectivity index (χ4n) is 4.40. The quantitative estimate of drug-likeness (QED) is 0.500. The number of hydrogen-bond acceptors (Lipinski definition) is 4. The minimum absolute atomic E-state index is 0.0159. The van der Waals surface area contributed by atoms with Crippen LogP contribution in [0, 0.1) is 5.92 Å². The number of fused-ring (bicyclic) bond motifs is 1. The van der Waals surface area contributed by atoms with Gasteiger partial charge in [0.2, 0.25) is 0 Å². The standard InChI is InChI=1S/C30H33N3O2S/c1-3-4-18-36(35)30-27-17-10-21(2)19-28(33(27)20-26(32-30)22-8-6-5-7-9-22)23-11-13-24(14-12-23)29(34)31-25-15-16-25/h5-9,11-14,17,19-21,25H,3-4,10,15-16,18H2,1-2H3,(H,31,34). The molecule has 3 aliphatic rings. The second kappa shape index (κ2) is 10.8. The smallest absolute Gasteiger partial charge is 0.251 e. The van der Waals surface area contributed by atoms with Crippen molar-refractivity contribution in [3.05, 3.63) is 95.3 Å². The van der Waals surface area contributed by atoms with Crippen molar-refractivity contribution in [2.45, 2.75) is 52.0 Å². The summed E-state index contributed by atoms with van der Waals surface area (Å²) in [6, 6.07) is 18.2. The number of benzene rings is 2. The van der Waals surface area contributed by atoms with Crippen LogP contribution in [0.3, 0.4) is 0 Å². The molecule has 2 aliphatic heterocycles. The minimum Gasteiger partial charge on any atom is -0.349 e. The topological polar surface area (TPSA) is 61.8 Å². The summed E-state index contributed by atoms with van der Waals surface area (Å²) in [6.07, 6.45) is 11.4. The summed E-state index contributed by atoms with van der Waals surface area (Å²) in [5.41, 5.74) is 5.40. The Morgan fingerprint density at radius 2 is 1.81 bits per heavy atom. The van der Waals surface area contributed by atoms with E-state index in [2.05, 4.69) is 42.4 Å². The molecule has 36 heavy (non-hydrogen) atoms. The van der Waals surface area contributed by atoms with Crippen molar-refractivity contribution in [1.29, 1.82) is 0 Å². The summed E-state index contributed by atoms with van der Waals surface area (Å²) in [5.74, 6) is 0.884. The Hall–Kier alpha value is -3.25. The Morgan fingerprint density at radius 3 is 2.50 bits per heavy atom. The number of nitrogens with zero attached hydrogens (tertiary/aromatic N) is 2. The maximum Gasteiger partial charge on any atom is 0.251 e. The van der Waals surface area contributed by atoms with Gasteiger partial charge >= 0.3 is 0 Å². The fourth-order valence-corrected chi connectivity index (χ4v) is 5.76. The number of rotatable bonds is 7. The minimum atomic E-state index is -1.20. The van der Waals surface area contributed by atoms with Crippen LogP contribution in [0.25, 0.3) is 11.4 Å². The third-order valence-electron chi connectivity index (χ3n) is 6.66. The molecule has 0 aromatic heterocycles. The lowest BCUT2D eigenvalue weighted by molar-refractivity contribution is 0.0951. The number of allylic oxidation sites excluding steroid dienone is 2. The van der Waals surface area contributed by atoms with Crippen LogP contribution in [0.1, 0.15) is 67.4 Å². The van der Waals surface area contributed by atoms with Crippen molar-refractivity contribution < 1.29 is 9.00 Å². The van der Waals surface area contributed by atoms with Gasteiger partial charge in [0.15, 0.2) is 5.04 Å². The van der Waals surface area contributed by atoms with E-state index in [9.17, 15) is 9.00 Å². The van der Waals surface area contributed by atoms with Crippen LogP contribution in [0.15, 0.2) is 83.6 Å². The van der Waals surface area contributed by atoms with Crippen LogP contribution in [0.2, 0.25) is 0 Å². The highest BCUT2D eigenvalue weighted by Crippen LogP contribution is 2.36. The van der Waals surface area contributed by atoms with E-state index in [0.717, 1.165) is 60.3 Å². The lowest BCUT2D eigenvalue weighted by Crippen LogP contribution is -2.28. The van der Waals surface area contributed by atoms with Crippen LogP contribution in [-0.2, 0) is 10.8 Å². The van der Waals surface area contributed by atoms with Gasteiger partial charge in [0.25, 0.3) is 5.91 Å². The Morgan fingerprint density at radius 1 is 1.06 bits per heavy atom. The first kappa shape index (κ1) is 24.4. The highest BCUT2D eigenvalue weighted by molar-refractivity contribution is 8.01. The molecule has 0 radical (unpaired) electrons. The molecule has 2 unspecified atom stereocenters. The van der Waals surface area contributed by atoms with Gasteiger partial charge in [0.1, 0.15) is 0 Å². The zero-order valence-electron chi connectivity index (χ0n) is 20.9.